The Bertz CT molecular complexity index is 1100. The fourth-order valence-electron chi connectivity index (χ4n) is 4.53. The molecule has 32 heavy (non-hydrogen) atoms. The number of nitrogens with one attached hydrogen (secondary N) is 2. The van der Waals surface area contributed by atoms with Gasteiger partial charge in [0.15, 0.2) is 5.84 Å². The van der Waals surface area contributed by atoms with Gasteiger partial charge in [0.25, 0.3) is 0 Å². The molecule has 3 unspecified atom stereocenters. The van der Waals surface area contributed by atoms with E-state index in [2.05, 4.69) is 22.9 Å². The molecule has 0 spiro atoms. The first kappa shape index (κ1) is 21.8. The average Bonchev–Trinajstić information content (AvgIpc) is 3.49. The molecule has 3 atom stereocenters. The largest absolute Gasteiger partial charge is 0.490 e. The molecule has 1 aliphatic carbocycles. The van der Waals surface area contributed by atoms with Crippen molar-refractivity contribution in [2.75, 3.05) is 0 Å². The smallest absolute Gasteiger partial charge is 0.220 e. The van der Waals surface area contributed by atoms with Gasteiger partial charge in [-0.3, -0.25) is 4.79 Å². The predicted molar refractivity (Wildman–Crippen MR) is 121 cm³/mol. The van der Waals surface area contributed by atoms with Crippen molar-refractivity contribution < 1.29 is 14.4 Å². The number of carbonyl (C=O) groups excluding carboxylic acids is 1. The van der Waals surface area contributed by atoms with Gasteiger partial charge < -0.3 is 10.1 Å². The maximum Gasteiger partial charge on any atom is 0.220 e. The molecule has 0 aromatic heterocycles. The molecule has 2 aliphatic heterocycles. The first-order chi connectivity index (χ1) is 15.5. The molecule has 1 fully saturated rings. The molecule has 166 valence electrons. The standard InChI is InChI=1S/C23H22N4O3.C2H6/c1-12(2)29-19-7-6-13(8-15(19)11-24)23-26-22(27-30-23)17-5-3-4-16-18(17)9-14-10-20(28)25-21(14)16;1-2/h3-8,12,14,21,23H,9-10H2,1-2H3,(H,25,28)(H,26,27);1-2H3. The molecule has 2 heterocycles. The van der Waals surface area contributed by atoms with Gasteiger partial charge in [0.2, 0.25) is 12.1 Å². The summed E-state index contributed by atoms with van der Waals surface area (Å²) in [5, 5.41) is 12.6. The van der Waals surface area contributed by atoms with E-state index in [-0.39, 0.29) is 18.1 Å². The summed E-state index contributed by atoms with van der Waals surface area (Å²) in [5.41, 5.74) is 7.57. The van der Waals surface area contributed by atoms with Gasteiger partial charge >= 0.3 is 0 Å². The number of benzene rings is 2. The topological polar surface area (TPSA) is 95.7 Å². The Hall–Kier alpha value is -3.37. The number of hydrogen-bond acceptors (Lipinski definition) is 6. The molecule has 0 radical (unpaired) electrons. The van der Waals surface area contributed by atoms with Gasteiger partial charge in [-0.25, -0.2) is 15.3 Å². The highest BCUT2D eigenvalue weighted by Crippen LogP contribution is 2.43. The average molecular weight is 433 g/mol. The van der Waals surface area contributed by atoms with E-state index in [4.69, 9.17) is 14.6 Å². The number of carbonyl (C=O) groups is 1. The van der Waals surface area contributed by atoms with E-state index >= 15 is 0 Å². The van der Waals surface area contributed by atoms with Crippen molar-refractivity contribution >= 4 is 11.7 Å². The highest BCUT2D eigenvalue weighted by Gasteiger charge is 2.41. The first-order valence-electron chi connectivity index (χ1n) is 11.1. The first-order valence-corrected chi connectivity index (χ1v) is 11.1. The molecular weight excluding hydrogens is 404 g/mol. The monoisotopic (exact) mass is 432 g/mol. The molecule has 7 heteroatoms. The minimum absolute atomic E-state index is 0.0126. The van der Waals surface area contributed by atoms with Crippen molar-refractivity contribution in [3.8, 4) is 11.8 Å². The maximum atomic E-state index is 11.7. The summed E-state index contributed by atoms with van der Waals surface area (Å²) in [5.74, 6) is 1.66. The number of amides is 1. The van der Waals surface area contributed by atoms with Crippen LogP contribution in [0, 0.1) is 17.2 Å². The Kier molecular flexibility index (Phi) is 6.15. The normalized spacial score (nSPS) is 22.7. The second kappa shape index (κ2) is 9.01. The molecule has 2 aromatic carbocycles. The second-order valence-electron chi connectivity index (χ2n) is 8.17. The second-order valence-corrected chi connectivity index (χ2v) is 8.17. The molecule has 1 amide bonds. The van der Waals surface area contributed by atoms with Gasteiger partial charge in [-0.1, -0.05) is 38.1 Å². The van der Waals surface area contributed by atoms with Crippen molar-refractivity contribution in [1.29, 1.82) is 5.26 Å². The van der Waals surface area contributed by atoms with Crippen LogP contribution >= 0.6 is 0 Å². The molecule has 0 saturated carbocycles. The van der Waals surface area contributed by atoms with E-state index < -0.39 is 6.23 Å². The van der Waals surface area contributed by atoms with Gasteiger partial charge in [-0.15, -0.1) is 0 Å². The molecule has 0 bridgehead atoms. The predicted octanol–water partition coefficient (Wildman–Crippen LogP) is 4.09. The highest BCUT2D eigenvalue weighted by molar-refractivity contribution is 6.01. The van der Waals surface area contributed by atoms with Crippen molar-refractivity contribution in [3.63, 3.8) is 0 Å². The number of hydroxylamine groups is 1. The summed E-state index contributed by atoms with van der Waals surface area (Å²) in [7, 11) is 0. The van der Waals surface area contributed by atoms with Crippen LogP contribution < -0.4 is 15.5 Å². The van der Waals surface area contributed by atoms with E-state index in [0.29, 0.717) is 29.5 Å². The lowest BCUT2D eigenvalue weighted by Gasteiger charge is -2.13. The van der Waals surface area contributed by atoms with E-state index in [0.717, 1.165) is 17.5 Å². The Morgan fingerprint density at radius 3 is 2.78 bits per heavy atom. The quantitative estimate of drug-likeness (QED) is 0.759. The SMILES string of the molecule is CC.CC(C)Oc1ccc(C2N=C(c3cccc4c3CC3CC(=O)NC43)NO2)cc1C#N. The Balaban J connectivity index is 0.00000119. The van der Waals surface area contributed by atoms with Crippen molar-refractivity contribution in [2.24, 2.45) is 10.9 Å². The number of nitrogens with zero attached hydrogens (tertiary/aromatic N) is 2. The van der Waals surface area contributed by atoms with Crippen LogP contribution in [-0.2, 0) is 16.1 Å². The van der Waals surface area contributed by atoms with Gasteiger partial charge in [0.05, 0.1) is 17.7 Å². The van der Waals surface area contributed by atoms with Crippen LogP contribution in [0.3, 0.4) is 0 Å². The summed E-state index contributed by atoms with van der Waals surface area (Å²) < 4.78 is 5.69. The van der Waals surface area contributed by atoms with Crippen LogP contribution in [0.5, 0.6) is 5.75 Å². The third kappa shape index (κ3) is 3.94. The third-order valence-corrected chi connectivity index (χ3v) is 5.79. The van der Waals surface area contributed by atoms with E-state index in [1.165, 1.54) is 11.1 Å². The van der Waals surface area contributed by atoms with Crippen LogP contribution in [0.2, 0.25) is 0 Å². The highest BCUT2D eigenvalue weighted by atomic mass is 16.7. The van der Waals surface area contributed by atoms with Gasteiger partial charge in [-0.2, -0.15) is 5.26 Å². The Morgan fingerprint density at radius 1 is 1.22 bits per heavy atom. The summed E-state index contributed by atoms with van der Waals surface area (Å²) >= 11 is 0. The van der Waals surface area contributed by atoms with Gasteiger partial charge in [0, 0.05) is 17.5 Å². The summed E-state index contributed by atoms with van der Waals surface area (Å²) in [6.07, 6.45) is 0.859. The lowest BCUT2D eigenvalue weighted by molar-refractivity contribution is -0.119. The third-order valence-electron chi connectivity index (χ3n) is 5.79. The number of ether oxygens (including phenoxy) is 1. The molecule has 2 N–H and O–H groups in total. The minimum atomic E-state index is -0.545. The van der Waals surface area contributed by atoms with E-state index in [9.17, 15) is 10.1 Å². The lowest BCUT2D eigenvalue weighted by atomic mass is 10.0. The number of hydrogen-bond donors (Lipinski definition) is 2. The summed E-state index contributed by atoms with van der Waals surface area (Å²) in [6, 6.07) is 13.8. The zero-order chi connectivity index (χ0) is 22.8. The Morgan fingerprint density at radius 2 is 2.03 bits per heavy atom. The number of rotatable bonds is 4. The Labute approximate surface area is 188 Å². The lowest BCUT2D eigenvalue weighted by Crippen LogP contribution is -2.21. The van der Waals surface area contributed by atoms with Crippen molar-refractivity contribution in [2.45, 2.75) is 58.9 Å². The van der Waals surface area contributed by atoms with Gasteiger partial charge in [-0.05, 0) is 49.4 Å². The molecule has 5 rings (SSSR count). The number of aliphatic imine (C=N–C) groups is 1. The van der Waals surface area contributed by atoms with Crippen LogP contribution in [0.1, 0.15) is 74.2 Å². The van der Waals surface area contributed by atoms with Crippen molar-refractivity contribution in [3.05, 3.63) is 64.2 Å². The molecule has 7 nitrogen and oxygen atoms in total. The fraction of sp³-hybridized carbons (Fsp3) is 0.400. The minimum Gasteiger partial charge on any atom is -0.490 e. The van der Waals surface area contributed by atoms with Crippen molar-refractivity contribution in [1.82, 2.24) is 10.8 Å². The van der Waals surface area contributed by atoms with Crippen LogP contribution in [-0.4, -0.2) is 17.8 Å². The number of amidine groups is 1. The summed E-state index contributed by atoms with van der Waals surface area (Å²) in [4.78, 5) is 22.2. The van der Waals surface area contributed by atoms with Crippen LogP contribution in [0.25, 0.3) is 0 Å². The molecule has 3 aliphatic rings. The van der Waals surface area contributed by atoms with Crippen LogP contribution in [0.4, 0.5) is 0 Å². The molecule has 2 aromatic rings. The summed E-state index contributed by atoms with van der Waals surface area (Å²) in [6.45, 7) is 7.85. The molecule has 1 saturated heterocycles. The fourth-order valence-corrected chi connectivity index (χ4v) is 4.53. The van der Waals surface area contributed by atoms with E-state index in [1.807, 2.05) is 45.9 Å². The van der Waals surface area contributed by atoms with E-state index in [1.54, 1.807) is 12.1 Å². The maximum absolute atomic E-state index is 11.7. The zero-order valence-electron chi connectivity index (χ0n) is 18.8. The van der Waals surface area contributed by atoms with Crippen LogP contribution in [0.15, 0.2) is 41.4 Å². The zero-order valence-corrected chi connectivity index (χ0v) is 18.8. The van der Waals surface area contributed by atoms with Gasteiger partial charge in [0.1, 0.15) is 11.8 Å². The number of nitriles is 1. The molecular formula is C25H28N4O3. The number of fused-ring (bicyclic) bond motifs is 3.